The summed E-state index contributed by atoms with van der Waals surface area (Å²) < 4.78 is 7.23. The molecule has 4 nitrogen and oxygen atoms in total. The van der Waals surface area contributed by atoms with Crippen molar-refractivity contribution in [2.75, 3.05) is 14.7 Å². The molecule has 0 saturated heterocycles. The zero-order valence-electron chi connectivity index (χ0n) is 34.0. The molecule has 0 N–H and O–H groups in total. The average Bonchev–Trinajstić information content (AvgIpc) is 3.60. The maximum Gasteiger partial charge on any atom is 0.297 e. The Morgan fingerprint density at radius 3 is 1.95 bits per heavy atom. The van der Waals surface area contributed by atoms with Crippen LogP contribution in [0.2, 0.25) is 0 Å². The molecular weight excluding hydrogens is 705 g/mol. The first-order valence-electron chi connectivity index (χ1n) is 20.7. The lowest BCUT2D eigenvalue weighted by atomic mass is 9.35. The lowest BCUT2D eigenvalue weighted by molar-refractivity contribution is 0.506. The van der Waals surface area contributed by atoms with Gasteiger partial charge in [-0.15, -0.1) is 0 Å². The van der Waals surface area contributed by atoms with E-state index < -0.39 is 0 Å². The Morgan fingerprint density at radius 2 is 1.26 bits per heavy atom. The zero-order valence-corrected chi connectivity index (χ0v) is 34.0. The van der Waals surface area contributed by atoms with Crippen molar-refractivity contribution in [3.8, 4) is 0 Å². The number of furan rings is 1. The lowest BCUT2D eigenvalue weighted by Crippen LogP contribution is -2.61. The van der Waals surface area contributed by atoms with E-state index in [-0.39, 0.29) is 17.5 Å². The van der Waals surface area contributed by atoms with Gasteiger partial charge >= 0.3 is 0 Å². The molecule has 7 aromatic carbocycles. The summed E-state index contributed by atoms with van der Waals surface area (Å²) in [5.41, 5.74) is 19.8. The van der Waals surface area contributed by atoms with E-state index in [2.05, 4.69) is 214 Å². The van der Waals surface area contributed by atoms with E-state index >= 15 is 0 Å². The fraction of sp³-hybridized carbons (Fsp3) is 0.170. The van der Waals surface area contributed by atoms with Crippen LogP contribution in [0, 0.1) is 6.92 Å². The van der Waals surface area contributed by atoms with E-state index in [1.54, 1.807) is 0 Å². The highest BCUT2D eigenvalue weighted by molar-refractivity contribution is 7.00. The van der Waals surface area contributed by atoms with E-state index in [0.717, 1.165) is 46.1 Å². The average molecular weight is 752 g/mol. The Morgan fingerprint density at radius 1 is 0.621 bits per heavy atom. The number of hydrogen-bond donors (Lipinski definition) is 0. The maximum absolute atomic E-state index is 7.23. The fourth-order valence-corrected chi connectivity index (χ4v) is 10.0. The molecule has 0 radical (unpaired) electrons. The van der Waals surface area contributed by atoms with Crippen molar-refractivity contribution < 1.29 is 4.42 Å². The monoisotopic (exact) mass is 751 g/mol. The zero-order chi connectivity index (χ0) is 39.5. The van der Waals surface area contributed by atoms with Gasteiger partial charge in [0, 0.05) is 50.6 Å². The minimum Gasteiger partial charge on any atom is -0.468 e. The summed E-state index contributed by atoms with van der Waals surface area (Å²) in [7, 11) is 0. The SMILES string of the molecule is CCC(C)(C)c1ccc(N2c3cc(N(c4ccccc4)c4ccccc4)ccc3B3c4oc5cccc6c5c4N(c4ccccc4C6(C)C)c4cc(C)cc2c43)cc1. The normalized spacial score (nSPS) is 14.5. The Bertz CT molecular complexity index is 2870. The van der Waals surface area contributed by atoms with E-state index in [1.807, 2.05) is 0 Å². The van der Waals surface area contributed by atoms with Crippen molar-refractivity contribution in [1.29, 1.82) is 0 Å². The van der Waals surface area contributed by atoms with E-state index in [1.165, 1.54) is 61.3 Å². The number of nitrogens with zero attached hydrogens (tertiary/aromatic N) is 3. The van der Waals surface area contributed by atoms with Gasteiger partial charge in [0.1, 0.15) is 5.58 Å². The summed E-state index contributed by atoms with van der Waals surface area (Å²) in [4.78, 5) is 7.42. The predicted octanol–water partition coefficient (Wildman–Crippen LogP) is 12.6. The van der Waals surface area contributed by atoms with Gasteiger partial charge in [0.15, 0.2) is 0 Å². The van der Waals surface area contributed by atoms with Crippen LogP contribution in [0.5, 0.6) is 0 Å². The first-order valence-corrected chi connectivity index (χ1v) is 20.7. The number of benzene rings is 7. The molecule has 3 aliphatic heterocycles. The Balaban J connectivity index is 1.23. The number of anilines is 9. The molecule has 5 heteroatoms. The molecule has 11 rings (SSSR count). The Kier molecular flexibility index (Phi) is 7.51. The third-order valence-corrected chi connectivity index (χ3v) is 13.4. The number of aryl methyl sites for hydroxylation is 1. The van der Waals surface area contributed by atoms with Crippen LogP contribution in [-0.4, -0.2) is 6.71 Å². The summed E-state index contributed by atoms with van der Waals surface area (Å²) in [6, 6.07) is 58.3. The first-order chi connectivity index (χ1) is 28.2. The number of rotatable bonds is 6. The van der Waals surface area contributed by atoms with Gasteiger partial charge in [-0.25, -0.2) is 0 Å². The largest absolute Gasteiger partial charge is 0.468 e. The van der Waals surface area contributed by atoms with Crippen molar-refractivity contribution in [2.45, 2.75) is 58.8 Å². The van der Waals surface area contributed by atoms with Crippen molar-refractivity contribution in [3.63, 3.8) is 0 Å². The van der Waals surface area contributed by atoms with Crippen LogP contribution in [0.3, 0.4) is 0 Å². The summed E-state index contributed by atoms with van der Waals surface area (Å²) in [5.74, 6) is 0. The molecule has 0 spiro atoms. The van der Waals surface area contributed by atoms with Crippen molar-refractivity contribution >= 4 is 85.5 Å². The van der Waals surface area contributed by atoms with Gasteiger partial charge < -0.3 is 19.1 Å². The Labute approximate surface area is 342 Å². The molecule has 3 aliphatic rings. The topological polar surface area (TPSA) is 22.9 Å². The van der Waals surface area contributed by atoms with E-state index in [9.17, 15) is 0 Å². The van der Waals surface area contributed by atoms with Crippen LogP contribution in [0.15, 0.2) is 162 Å². The molecule has 0 saturated carbocycles. The molecule has 0 fully saturated rings. The summed E-state index contributed by atoms with van der Waals surface area (Å²) in [5, 5.41) is 1.21. The second kappa shape index (κ2) is 12.5. The number of fused-ring (bicyclic) bond motifs is 6. The first kappa shape index (κ1) is 34.8. The van der Waals surface area contributed by atoms with Crippen LogP contribution >= 0.6 is 0 Å². The molecule has 8 aromatic rings. The third kappa shape index (κ3) is 4.89. The molecule has 58 heavy (non-hydrogen) atoms. The van der Waals surface area contributed by atoms with Gasteiger partial charge in [-0.05, 0) is 125 Å². The van der Waals surface area contributed by atoms with E-state index in [0.29, 0.717) is 0 Å². The van der Waals surface area contributed by atoms with Crippen molar-refractivity contribution in [3.05, 3.63) is 180 Å². The molecule has 282 valence electrons. The maximum atomic E-state index is 7.23. The fourth-order valence-electron chi connectivity index (χ4n) is 10.0. The molecule has 0 atom stereocenters. The lowest BCUT2D eigenvalue weighted by Gasteiger charge is -2.43. The molecule has 0 aliphatic carbocycles. The summed E-state index contributed by atoms with van der Waals surface area (Å²) >= 11 is 0. The van der Waals surface area contributed by atoms with Crippen LogP contribution in [0.4, 0.5) is 51.2 Å². The molecule has 4 heterocycles. The highest BCUT2D eigenvalue weighted by Gasteiger charge is 2.49. The second-order valence-electron chi connectivity index (χ2n) is 17.5. The second-order valence-corrected chi connectivity index (χ2v) is 17.5. The molecule has 0 unspecified atom stereocenters. The molecule has 0 amide bonds. The highest BCUT2D eigenvalue weighted by atomic mass is 16.3. The van der Waals surface area contributed by atoms with Crippen LogP contribution in [-0.2, 0) is 10.8 Å². The smallest absolute Gasteiger partial charge is 0.297 e. The quantitative estimate of drug-likeness (QED) is 0.158. The molecular formula is C53H46BN3O. The minimum absolute atomic E-state index is 0.0788. The summed E-state index contributed by atoms with van der Waals surface area (Å²) in [6.45, 7) is 13.8. The highest BCUT2D eigenvalue weighted by Crippen LogP contribution is 2.54. The van der Waals surface area contributed by atoms with Gasteiger partial charge in [0.05, 0.1) is 17.0 Å². The van der Waals surface area contributed by atoms with Crippen molar-refractivity contribution in [1.82, 2.24) is 0 Å². The summed E-state index contributed by atoms with van der Waals surface area (Å²) in [6.07, 6.45) is 1.07. The van der Waals surface area contributed by atoms with Gasteiger partial charge in [-0.2, -0.15) is 0 Å². The predicted molar refractivity (Wildman–Crippen MR) is 245 cm³/mol. The van der Waals surface area contributed by atoms with E-state index in [4.69, 9.17) is 4.42 Å². The Hall–Kier alpha value is -6.46. The van der Waals surface area contributed by atoms with Gasteiger partial charge in [-0.1, -0.05) is 120 Å². The van der Waals surface area contributed by atoms with Crippen LogP contribution in [0.25, 0.3) is 11.0 Å². The van der Waals surface area contributed by atoms with Gasteiger partial charge in [0.2, 0.25) is 0 Å². The van der Waals surface area contributed by atoms with Gasteiger partial charge in [-0.3, -0.25) is 0 Å². The minimum atomic E-state index is -0.251. The van der Waals surface area contributed by atoms with Crippen molar-refractivity contribution in [2.24, 2.45) is 0 Å². The third-order valence-electron chi connectivity index (χ3n) is 13.4. The standard InChI is InChI=1S/C53H46BN3O/c1-7-52(3,4)35-25-27-38(28-26-35)56-44-33-39(55(36-17-10-8-11-18-36)37-19-12-9-13-20-37)29-30-42(44)54-49-45(56)31-34(2)32-46(49)57-43-23-15-14-21-40(43)53(5,6)41-22-16-24-47-48(41)50(57)51(54)58-47/h8-33H,7H2,1-6H3. The molecule has 0 bridgehead atoms. The number of para-hydroxylation sites is 3. The van der Waals surface area contributed by atoms with Gasteiger partial charge in [0.25, 0.3) is 6.71 Å². The molecule has 1 aromatic heterocycles. The number of hydrogen-bond acceptors (Lipinski definition) is 4. The van der Waals surface area contributed by atoms with Crippen LogP contribution < -0.4 is 31.3 Å². The van der Waals surface area contributed by atoms with Crippen LogP contribution in [0.1, 0.15) is 63.3 Å².